The van der Waals surface area contributed by atoms with E-state index in [1.807, 2.05) is 6.92 Å². The number of aliphatic hydroxyl groups is 1. The van der Waals surface area contributed by atoms with Crippen molar-refractivity contribution in [2.45, 2.75) is 78.2 Å². The third-order valence-corrected chi connectivity index (χ3v) is 9.26. The number of fused-ring (bicyclic) bond motifs is 5. The molecule has 5 heteroatoms. The number of Topliss-reactive ketones (excluding diaryl/α,β-unsaturated/α-hetero) is 2. The van der Waals surface area contributed by atoms with Gasteiger partial charge in [0.1, 0.15) is 11.4 Å². The molecule has 0 aromatic heterocycles. The van der Waals surface area contributed by atoms with Gasteiger partial charge in [-0.05, 0) is 61.2 Å². The second kappa shape index (κ2) is 6.76. The van der Waals surface area contributed by atoms with E-state index in [2.05, 4.69) is 19.9 Å². The predicted octanol–water partition coefficient (Wildman–Crippen LogP) is 3.63. The number of carbonyl (C=O) groups excluding carboxylic acids is 3. The fourth-order valence-corrected chi connectivity index (χ4v) is 7.53. The fraction of sp³-hybridized carbons (Fsp3) is 0.792. The van der Waals surface area contributed by atoms with Crippen LogP contribution in [-0.4, -0.2) is 34.9 Å². The number of esters is 1. The summed E-state index contributed by atoms with van der Waals surface area (Å²) in [4.78, 5) is 36.3. The zero-order valence-corrected chi connectivity index (χ0v) is 18.1. The van der Waals surface area contributed by atoms with Crippen LogP contribution in [0.1, 0.15) is 72.6 Å². The molecule has 0 aliphatic heterocycles. The van der Waals surface area contributed by atoms with Crippen molar-refractivity contribution in [3.05, 3.63) is 11.6 Å². The fourth-order valence-electron chi connectivity index (χ4n) is 7.53. The molecule has 0 amide bonds. The Morgan fingerprint density at radius 3 is 2.69 bits per heavy atom. The second-order valence-corrected chi connectivity index (χ2v) is 10.5. The van der Waals surface area contributed by atoms with Gasteiger partial charge in [-0.15, -0.1) is 0 Å². The van der Waals surface area contributed by atoms with E-state index < -0.39 is 17.0 Å². The monoisotopic (exact) mass is 402 g/mol. The molecule has 3 fully saturated rings. The Morgan fingerprint density at radius 1 is 1.28 bits per heavy atom. The van der Waals surface area contributed by atoms with Crippen LogP contribution in [0.3, 0.4) is 0 Å². The van der Waals surface area contributed by atoms with Crippen molar-refractivity contribution in [3.8, 4) is 0 Å². The lowest BCUT2D eigenvalue weighted by atomic mass is 9.48. The lowest BCUT2D eigenvalue weighted by Crippen LogP contribution is -2.58. The number of carbonyl (C=O) groups is 3. The molecule has 0 aromatic carbocycles. The first-order valence-electron chi connectivity index (χ1n) is 11.2. The molecule has 0 radical (unpaired) electrons. The van der Waals surface area contributed by atoms with E-state index in [4.69, 9.17) is 4.74 Å². The minimum Gasteiger partial charge on any atom is -0.458 e. The van der Waals surface area contributed by atoms with Gasteiger partial charge < -0.3 is 9.84 Å². The molecular weight excluding hydrogens is 368 g/mol. The molecule has 160 valence electrons. The molecule has 1 N–H and O–H groups in total. The lowest BCUT2D eigenvalue weighted by molar-refractivity contribution is -0.167. The first kappa shape index (κ1) is 20.8. The second-order valence-electron chi connectivity index (χ2n) is 10.5. The maximum atomic E-state index is 13.0. The molecule has 3 saturated carbocycles. The summed E-state index contributed by atoms with van der Waals surface area (Å²) in [5.74, 6) is 0.376. The third kappa shape index (κ3) is 2.79. The Kier molecular flexibility index (Phi) is 4.84. The van der Waals surface area contributed by atoms with Crippen LogP contribution in [-0.2, 0) is 19.1 Å². The quantitative estimate of drug-likeness (QED) is 0.576. The van der Waals surface area contributed by atoms with Crippen molar-refractivity contribution in [1.29, 1.82) is 0 Å². The molecule has 29 heavy (non-hydrogen) atoms. The van der Waals surface area contributed by atoms with Gasteiger partial charge in [0.25, 0.3) is 0 Å². The standard InChI is InChI=1S/C24H34O5/c1-14-11-20-18-6-5-16-12-17(26)7-9-22(16,3)19(18)8-10-23(20,4)24(14,28)21(27)13-29-15(2)25/h8,14,16,18,20,28H,5-7,9-13H2,1-4H3/t14-,16+,18?,20?,22?,23?,24+/m1/s1. The summed E-state index contributed by atoms with van der Waals surface area (Å²) >= 11 is 0. The van der Waals surface area contributed by atoms with E-state index in [1.54, 1.807) is 0 Å². The molecule has 7 atom stereocenters. The van der Waals surface area contributed by atoms with E-state index in [0.29, 0.717) is 36.9 Å². The normalized spacial score (nSPS) is 46.2. The minimum absolute atomic E-state index is 0.0733. The van der Waals surface area contributed by atoms with Gasteiger partial charge >= 0.3 is 5.97 Å². The number of hydrogen-bond donors (Lipinski definition) is 1. The molecule has 4 aliphatic rings. The Hall–Kier alpha value is -1.49. The molecule has 5 nitrogen and oxygen atoms in total. The van der Waals surface area contributed by atoms with Crippen LogP contribution in [0.15, 0.2) is 11.6 Å². The van der Waals surface area contributed by atoms with E-state index in [1.165, 1.54) is 12.5 Å². The van der Waals surface area contributed by atoms with Crippen molar-refractivity contribution in [3.63, 3.8) is 0 Å². The summed E-state index contributed by atoms with van der Waals surface area (Å²) in [5, 5.41) is 11.7. The van der Waals surface area contributed by atoms with Crippen LogP contribution < -0.4 is 0 Å². The van der Waals surface area contributed by atoms with Crippen LogP contribution in [0.4, 0.5) is 0 Å². The van der Waals surface area contributed by atoms with Crippen LogP contribution in [0.5, 0.6) is 0 Å². The first-order valence-corrected chi connectivity index (χ1v) is 11.2. The van der Waals surface area contributed by atoms with Gasteiger partial charge in [0, 0.05) is 25.2 Å². The molecule has 0 bridgehead atoms. The van der Waals surface area contributed by atoms with E-state index in [-0.39, 0.29) is 29.6 Å². The summed E-state index contributed by atoms with van der Waals surface area (Å²) in [7, 11) is 0. The average Bonchev–Trinajstić information content (AvgIpc) is 2.88. The van der Waals surface area contributed by atoms with E-state index >= 15 is 0 Å². The largest absolute Gasteiger partial charge is 0.458 e. The molecule has 0 aromatic rings. The molecule has 0 heterocycles. The number of allylic oxidation sites excluding steroid dienone is 2. The highest BCUT2D eigenvalue weighted by atomic mass is 16.5. The van der Waals surface area contributed by atoms with E-state index in [0.717, 1.165) is 25.7 Å². The number of ether oxygens (including phenoxy) is 1. The predicted molar refractivity (Wildman–Crippen MR) is 108 cm³/mol. The zero-order valence-electron chi connectivity index (χ0n) is 18.1. The van der Waals surface area contributed by atoms with Gasteiger partial charge in [0.15, 0.2) is 6.61 Å². The van der Waals surface area contributed by atoms with Crippen LogP contribution in [0.25, 0.3) is 0 Å². The highest BCUT2D eigenvalue weighted by Gasteiger charge is 2.67. The highest BCUT2D eigenvalue weighted by molar-refractivity contribution is 5.91. The molecule has 0 saturated heterocycles. The van der Waals surface area contributed by atoms with Gasteiger partial charge in [-0.3, -0.25) is 14.4 Å². The molecule has 4 rings (SSSR count). The number of rotatable bonds is 3. The lowest BCUT2D eigenvalue weighted by Gasteiger charge is -2.56. The van der Waals surface area contributed by atoms with Crippen molar-refractivity contribution in [2.24, 2.45) is 34.5 Å². The summed E-state index contributed by atoms with van der Waals surface area (Å²) in [6.07, 6.45) is 8.13. The van der Waals surface area contributed by atoms with Gasteiger partial charge in [-0.25, -0.2) is 0 Å². The number of ketones is 2. The topological polar surface area (TPSA) is 80.7 Å². The highest BCUT2D eigenvalue weighted by Crippen LogP contribution is 2.67. The van der Waals surface area contributed by atoms with Crippen molar-refractivity contribution in [1.82, 2.24) is 0 Å². The minimum atomic E-state index is -1.48. The van der Waals surface area contributed by atoms with Gasteiger partial charge in [-0.2, -0.15) is 0 Å². The third-order valence-electron chi connectivity index (χ3n) is 9.26. The Bertz CT molecular complexity index is 784. The van der Waals surface area contributed by atoms with Gasteiger partial charge in [0.05, 0.1) is 0 Å². The smallest absolute Gasteiger partial charge is 0.303 e. The summed E-state index contributed by atoms with van der Waals surface area (Å²) in [5.41, 5.74) is -0.474. The van der Waals surface area contributed by atoms with Gasteiger partial charge in [0.2, 0.25) is 5.78 Å². The number of hydrogen-bond acceptors (Lipinski definition) is 5. The average molecular weight is 403 g/mol. The summed E-state index contributed by atoms with van der Waals surface area (Å²) in [6, 6.07) is 0. The SMILES string of the molecule is CC(=O)OCC(=O)[C@@]1(O)[C@H](C)CC2C3CC[C@H]4CC(=O)CCC4(C)C3=CCC21C. The maximum Gasteiger partial charge on any atom is 0.303 e. The van der Waals surface area contributed by atoms with Crippen LogP contribution in [0.2, 0.25) is 0 Å². The van der Waals surface area contributed by atoms with E-state index in [9.17, 15) is 19.5 Å². The van der Waals surface area contributed by atoms with Gasteiger partial charge in [-0.1, -0.05) is 32.4 Å². The molecular formula is C24H34O5. The zero-order chi connectivity index (χ0) is 21.2. The molecule has 0 spiro atoms. The Balaban J connectivity index is 1.67. The van der Waals surface area contributed by atoms with Crippen molar-refractivity contribution < 1.29 is 24.2 Å². The van der Waals surface area contributed by atoms with Crippen LogP contribution >= 0.6 is 0 Å². The van der Waals surface area contributed by atoms with Crippen molar-refractivity contribution in [2.75, 3.05) is 6.61 Å². The molecule has 4 unspecified atom stereocenters. The summed E-state index contributed by atoms with van der Waals surface area (Å²) < 4.78 is 4.96. The molecule has 4 aliphatic carbocycles. The Morgan fingerprint density at radius 2 is 2.00 bits per heavy atom. The van der Waals surface area contributed by atoms with Crippen molar-refractivity contribution >= 4 is 17.5 Å². The Labute approximate surface area is 173 Å². The first-order chi connectivity index (χ1) is 13.5. The van der Waals surface area contributed by atoms with Crippen LogP contribution in [0, 0.1) is 34.5 Å². The maximum absolute atomic E-state index is 13.0. The summed E-state index contributed by atoms with van der Waals surface area (Å²) in [6.45, 7) is 7.27.